The van der Waals surface area contributed by atoms with E-state index in [1.165, 1.54) is 6.08 Å². The first kappa shape index (κ1) is 12.5. The molecular weight excluding hydrogens is 222 g/mol. The van der Waals surface area contributed by atoms with Crippen molar-refractivity contribution in [2.24, 2.45) is 0 Å². The van der Waals surface area contributed by atoms with Gasteiger partial charge < -0.3 is 5.32 Å². The number of hydrogen-bond acceptors (Lipinski definition) is 1. The molecule has 0 spiro atoms. The normalized spacial score (nSPS) is 10.4. The Morgan fingerprint density at radius 3 is 2.94 bits per heavy atom. The minimum atomic E-state index is -0.177. The second kappa shape index (κ2) is 6.13. The molecule has 1 N–H and O–H groups in total. The topological polar surface area (TPSA) is 29.1 Å². The van der Waals surface area contributed by atoms with E-state index in [1.54, 1.807) is 6.08 Å². The Morgan fingerprint density at radius 2 is 2.31 bits per heavy atom. The van der Waals surface area contributed by atoms with Gasteiger partial charge in [0.15, 0.2) is 0 Å². The van der Waals surface area contributed by atoms with E-state index in [-0.39, 0.29) is 5.91 Å². The summed E-state index contributed by atoms with van der Waals surface area (Å²) in [6, 6.07) is 7.91. The van der Waals surface area contributed by atoms with Crippen molar-refractivity contribution in [3.8, 4) is 0 Å². The summed E-state index contributed by atoms with van der Waals surface area (Å²) in [6.45, 7) is 5.78. The van der Waals surface area contributed by atoms with Gasteiger partial charge in [-0.15, -0.1) is 0 Å². The summed E-state index contributed by atoms with van der Waals surface area (Å²) in [7, 11) is 0. The molecule has 0 radical (unpaired) electrons. The van der Waals surface area contributed by atoms with Crippen LogP contribution in [-0.2, 0) is 4.79 Å². The maximum atomic E-state index is 11.3. The van der Waals surface area contributed by atoms with Crippen LogP contribution in [0.1, 0.15) is 11.1 Å². The van der Waals surface area contributed by atoms with Crippen molar-refractivity contribution >= 4 is 23.6 Å². The quantitative estimate of drug-likeness (QED) is 0.799. The number of hydrogen-bond donors (Lipinski definition) is 1. The van der Waals surface area contributed by atoms with Gasteiger partial charge in [0, 0.05) is 11.1 Å². The van der Waals surface area contributed by atoms with Crippen LogP contribution < -0.4 is 5.32 Å². The summed E-state index contributed by atoms with van der Waals surface area (Å²) in [5, 5.41) is 3.02. The van der Waals surface area contributed by atoms with Gasteiger partial charge >= 0.3 is 0 Å². The van der Waals surface area contributed by atoms with Crippen LogP contribution in [0.3, 0.4) is 0 Å². The first-order chi connectivity index (χ1) is 7.58. The summed E-state index contributed by atoms with van der Waals surface area (Å²) in [6.07, 6.45) is 3.24. The standard InChI is InChI=1S/C13H14ClNO/c1-10-4-3-5-12(8-10)6-7-13(16)15-9-11(2)14/h3-8H,2,9H2,1H3,(H,15,16)/b7-6+. The Hall–Kier alpha value is -1.54. The molecule has 0 atom stereocenters. The van der Waals surface area contributed by atoms with E-state index < -0.39 is 0 Å². The molecule has 0 unspecified atom stereocenters. The SMILES string of the molecule is C=C(Cl)CNC(=O)/C=C/c1cccc(C)c1. The number of rotatable bonds is 4. The zero-order valence-corrected chi connectivity index (χ0v) is 9.92. The molecule has 0 aromatic heterocycles. The zero-order chi connectivity index (χ0) is 12.0. The Bertz CT molecular complexity index is 424. The van der Waals surface area contributed by atoms with Crippen molar-refractivity contribution < 1.29 is 4.79 Å². The summed E-state index contributed by atoms with van der Waals surface area (Å²) in [5.74, 6) is -0.177. The van der Waals surface area contributed by atoms with Gasteiger partial charge in [-0.3, -0.25) is 4.79 Å². The highest BCUT2D eigenvalue weighted by Crippen LogP contribution is 2.05. The van der Waals surface area contributed by atoms with Crippen LogP contribution in [0.25, 0.3) is 6.08 Å². The molecule has 1 rings (SSSR count). The number of amides is 1. The molecule has 0 aliphatic carbocycles. The monoisotopic (exact) mass is 235 g/mol. The molecule has 3 heteroatoms. The van der Waals surface area contributed by atoms with E-state index in [0.29, 0.717) is 11.6 Å². The van der Waals surface area contributed by atoms with Gasteiger partial charge in [-0.25, -0.2) is 0 Å². The summed E-state index contributed by atoms with van der Waals surface area (Å²) in [4.78, 5) is 11.3. The largest absolute Gasteiger partial charge is 0.348 e. The Morgan fingerprint density at radius 1 is 1.56 bits per heavy atom. The van der Waals surface area contributed by atoms with Crippen molar-refractivity contribution in [1.29, 1.82) is 0 Å². The third kappa shape index (κ3) is 4.80. The van der Waals surface area contributed by atoms with Gasteiger partial charge in [0.1, 0.15) is 0 Å². The van der Waals surface area contributed by atoms with Gasteiger partial charge in [0.05, 0.1) is 6.54 Å². The second-order valence-electron chi connectivity index (χ2n) is 3.48. The highest BCUT2D eigenvalue weighted by molar-refractivity contribution is 6.29. The van der Waals surface area contributed by atoms with E-state index >= 15 is 0 Å². The molecule has 0 fully saturated rings. The van der Waals surface area contributed by atoms with Crippen molar-refractivity contribution in [2.75, 3.05) is 6.54 Å². The van der Waals surface area contributed by atoms with Crippen molar-refractivity contribution in [3.63, 3.8) is 0 Å². The Balaban J connectivity index is 2.53. The number of carbonyl (C=O) groups is 1. The summed E-state index contributed by atoms with van der Waals surface area (Å²) < 4.78 is 0. The van der Waals surface area contributed by atoms with Gasteiger partial charge in [-0.05, 0) is 18.6 Å². The number of aryl methyl sites for hydroxylation is 1. The molecule has 84 valence electrons. The third-order valence-corrected chi connectivity index (χ3v) is 2.06. The molecule has 1 amide bonds. The molecule has 1 aromatic rings. The molecule has 0 aliphatic rings. The van der Waals surface area contributed by atoms with Crippen molar-refractivity contribution in [2.45, 2.75) is 6.92 Å². The first-order valence-corrected chi connectivity index (χ1v) is 5.31. The van der Waals surface area contributed by atoms with Crippen LogP contribution in [0.5, 0.6) is 0 Å². The lowest BCUT2D eigenvalue weighted by Gasteiger charge is -1.99. The van der Waals surface area contributed by atoms with Crippen LogP contribution in [0.15, 0.2) is 42.0 Å². The predicted molar refractivity (Wildman–Crippen MR) is 68.2 cm³/mol. The molecule has 2 nitrogen and oxygen atoms in total. The third-order valence-electron chi connectivity index (χ3n) is 1.92. The van der Waals surface area contributed by atoms with Crippen LogP contribution in [0.4, 0.5) is 0 Å². The second-order valence-corrected chi connectivity index (χ2v) is 4.02. The lowest BCUT2D eigenvalue weighted by molar-refractivity contribution is -0.116. The van der Waals surface area contributed by atoms with Crippen LogP contribution >= 0.6 is 11.6 Å². The molecule has 0 heterocycles. The predicted octanol–water partition coefficient (Wildman–Crippen LogP) is 2.88. The molecular formula is C13H14ClNO. The highest BCUT2D eigenvalue weighted by Gasteiger charge is 1.95. The maximum absolute atomic E-state index is 11.3. The zero-order valence-electron chi connectivity index (χ0n) is 9.16. The highest BCUT2D eigenvalue weighted by atomic mass is 35.5. The summed E-state index contributed by atoms with van der Waals surface area (Å²) >= 11 is 5.53. The molecule has 0 aliphatic heterocycles. The van der Waals surface area contributed by atoms with Crippen molar-refractivity contribution in [3.05, 3.63) is 53.1 Å². The van der Waals surface area contributed by atoms with Crippen molar-refractivity contribution in [1.82, 2.24) is 5.32 Å². The van der Waals surface area contributed by atoms with Crippen LogP contribution in [0.2, 0.25) is 0 Å². The first-order valence-electron chi connectivity index (χ1n) is 4.94. The molecule has 0 saturated heterocycles. The number of carbonyl (C=O) groups excluding carboxylic acids is 1. The number of nitrogens with one attached hydrogen (secondary N) is 1. The minimum Gasteiger partial charge on any atom is -0.348 e. The molecule has 0 saturated carbocycles. The van der Waals surface area contributed by atoms with E-state index in [1.807, 2.05) is 31.2 Å². The van der Waals surface area contributed by atoms with Gasteiger partial charge in [0.2, 0.25) is 5.91 Å². The van der Waals surface area contributed by atoms with E-state index in [9.17, 15) is 4.79 Å². The average molecular weight is 236 g/mol. The van der Waals surface area contributed by atoms with E-state index in [4.69, 9.17) is 11.6 Å². The minimum absolute atomic E-state index is 0.177. The Labute approximate surface area is 101 Å². The van der Waals surface area contributed by atoms with E-state index in [2.05, 4.69) is 11.9 Å². The fourth-order valence-corrected chi connectivity index (χ4v) is 1.25. The van der Waals surface area contributed by atoms with E-state index in [0.717, 1.165) is 11.1 Å². The van der Waals surface area contributed by atoms with Gasteiger partial charge in [-0.1, -0.05) is 48.0 Å². The maximum Gasteiger partial charge on any atom is 0.244 e. The van der Waals surface area contributed by atoms with Crippen LogP contribution in [0, 0.1) is 6.92 Å². The number of halogens is 1. The lowest BCUT2D eigenvalue weighted by Crippen LogP contribution is -2.21. The van der Waals surface area contributed by atoms with Gasteiger partial charge in [0.25, 0.3) is 0 Å². The number of benzene rings is 1. The summed E-state index contributed by atoms with van der Waals surface area (Å²) in [5.41, 5.74) is 2.16. The van der Waals surface area contributed by atoms with Crippen LogP contribution in [-0.4, -0.2) is 12.5 Å². The smallest absolute Gasteiger partial charge is 0.244 e. The fraction of sp³-hybridized carbons (Fsp3) is 0.154. The lowest BCUT2D eigenvalue weighted by atomic mass is 10.1. The fourth-order valence-electron chi connectivity index (χ4n) is 1.19. The molecule has 16 heavy (non-hydrogen) atoms. The average Bonchev–Trinajstić information content (AvgIpc) is 2.23. The molecule has 1 aromatic carbocycles. The van der Waals surface area contributed by atoms with Gasteiger partial charge in [-0.2, -0.15) is 0 Å². The molecule has 0 bridgehead atoms. The Kier molecular flexibility index (Phi) is 4.80.